The van der Waals surface area contributed by atoms with Crippen LogP contribution in [0.3, 0.4) is 0 Å². The van der Waals surface area contributed by atoms with Gasteiger partial charge in [-0.15, -0.1) is 0 Å². The van der Waals surface area contributed by atoms with Gasteiger partial charge >= 0.3 is 0 Å². The van der Waals surface area contributed by atoms with Crippen molar-refractivity contribution >= 4 is 12.1 Å². The summed E-state index contributed by atoms with van der Waals surface area (Å²) in [6.07, 6.45) is 2.73. The number of aromatic nitrogens is 1. The summed E-state index contributed by atoms with van der Waals surface area (Å²) in [6, 6.07) is 13.3. The van der Waals surface area contributed by atoms with E-state index >= 15 is 0 Å². The highest BCUT2D eigenvalue weighted by Crippen LogP contribution is 2.19. The quantitative estimate of drug-likeness (QED) is 0.699. The number of methoxy groups -OCH3 is 1. The van der Waals surface area contributed by atoms with Gasteiger partial charge < -0.3 is 19.3 Å². The number of carbonyl (C=O) groups excluding carboxylic acids is 1. The van der Waals surface area contributed by atoms with Crippen LogP contribution >= 0.6 is 0 Å². The highest BCUT2D eigenvalue weighted by atomic mass is 16.5. The predicted molar refractivity (Wildman–Crippen MR) is 91.8 cm³/mol. The van der Waals surface area contributed by atoms with Crippen LogP contribution in [0.25, 0.3) is 0 Å². The second kappa shape index (κ2) is 8.29. The molecule has 1 unspecified atom stereocenters. The molecule has 5 heteroatoms. The molecule has 2 rings (SSSR count). The van der Waals surface area contributed by atoms with E-state index in [1.54, 1.807) is 13.3 Å². The standard InChI is InChI=1S/C18H23N3O2/c1-20(2)13-16(14-22)21(18-6-4-5-11-19-18)12-15-7-9-17(23-3)10-8-15/h4-11,14,16H,12-13H2,1-3H3. The van der Waals surface area contributed by atoms with Crippen LogP contribution in [0, 0.1) is 0 Å². The number of benzene rings is 1. The van der Waals surface area contributed by atoms with Gasteiger partial charge in [-0.05, 0) is 43.9 Å². The topological polar surface area (TPSA) is 45.7 Å². The van der Waals surface area contributed by atoms with Crippen molar-refractivity contribution < 1.29 is 9.53 Å². The van der Waals surface area contributed by atoms with Crippen molar-refractivity contribution in [3.8, 4) is 5.75 Å². The Kier molecular flexibility index (Phi) is 6.11. The Bertz CT molecular complexity index is 599. The molecule has 23 heavy (non-hydrogen) atoms. The highest BCUT2D eigenvalue weighted by Gasteiger charge is 2.20. The smallest absolute Gasteiger partial charge is 0.143 e. The molecule has 0 aliphatic rings. The van der Waals surface area contributed by atoms with Crippen molar-refractivity contribution in [2.75, 3.05) is 32.6 Å². The summed E-state index contributed by atoms with van der Waals surface area (Å²) in [7, 11) is 5.57. The molecule has 0 saturated carbocycles. The third-order valence-electron chi connectivity index (χ3n) is 3.57. The van der Waals surface area contributed by atoms with Crippen LogP contribution in [-0.4, -0.2) is 50.0 Å². The number of pyridine rings is 1. The number of carbonyl (C=O) groups is 1. The lowest BCUT2D eigenvalue weighted by Gasteiger charge is -2.31. The van der Waals surface area contributed by atoms with Gasteiger partial charge in [-0.2, -0.15) is 0 Å². The summed E-state index contributed by atoms with van der Waals surface area (Å²) >= 11 is 0. The molecule has 5 nitrogen and oxygen atoms in total. The maximum absolute atomic E-state index is 11.6. The van der Waals surface area contributed by atoms with E-state index < -0.39 is 0 Å². The molecular weight excluding hydrogens is 290 g/mol. The minimum atomic E-state index is -0.262. The van der Waals surface area contributed by atoms with E-state index in [0.29, 0.717) is 13.1 Å². The van der Waals surface area contributed by atoms with Gasteiger partial charge in [0.1, 0.15) is 17.9 Å². The molecule has 0 aliphatic carbocycles. The zero-order valence-electron chi connectivity index (χ0n) is 13.8. The second-order valence-corrected chi connectivity index (χ2v) is 5.63. The lowest BCUT2D eigenvalue weighted by atomic mass is 10.1. The largest absolute Gasteiger partial charge is 0.497 e. The minimum Gasteiger partial charge on any atom is -0.497 e. The first-order valence-corrected chi connectivity index (χ1v) is 7.54. The van der Waals surface area contributed by atoms with E-state index in [1.165, 1.54) is 0 Å². The van der Waals surface area contributed by atoms with Crippen molar-refractivity contribution in [1.29, 1.82) is 0 Å². The van der Waals surface area contributed by atoms with E-state index in [2.05, 4.69) is 4.98 Å². The van der Waals surface area contributed by atoms with Crippen molar-refractivity contribution in [3.63, 3.8) is 0 Å². The Morgan fingerprint density at radius 3 is 2.43 bits per heavy atom. The van der Waals surface area contributed by atoms with Crippen LogP contribution in [0.15, 0.2) is 48.7 Å². The third-order valence-corrected chi connectivity index (χ3v) is 3.57. The van der Waals surface area contributed by atoms with Crippen LogP contribution in [0.5, 0.6) is 5.75 Å². The average molecular weight is 313 g/mol. The maximum Gasteiger partial charge on any atom is 0.143 e. The van der Waals surface area contributed by atoms with E-state index in [9.17, 15) is 4.79 Å². The van der Waals surface area contributed by atoms with Gasteiger partial charge in [-0.1, -0.05) is 18.2 Å². The van der Waals surface area contributed by atoms with Gasteiger partial charge in [-0.3, -0.25) is 0 Å². The highest BCUT2D eigenvalue weighted by molar-refractivity contribution is 5.65. The number of ether oxygens (including phenoxy) is 1. The van der Waals surface area contributed by atoms with Crippen molar-refractivity contribution in [2.24, 2.45) is 0 Å². The Morgan fingerprint density at radius 1 is 1.17 bits per heavy atom. The molecule has 0 saturated heterocycles. The number of rotatable bonds is 8. The zero-order chi connectivity index (χ0) is 16.7. The summed E-state index contributed by atoms with van der Waals surface area (Å²) in [6.45, 7) is 1.24. The molecule has 0 amide bonds. The molecule has 122 valence electrons. The van der Waals surface area contributed by atoms with E-state index in [-0.39, 0.29) is 6.04 Å². The first kappa shape index (κ1) is 17.0. The van der Waals surface area contributed by atoms with Gasteiger partial charge in [0.05, 0.1) is 13.2 Å². The van der Waals surface area contributed by atoms with Crippen LogP contribution in [0.4, 0.5) is 5.82 Å². The lowest BCUT2D eigenvalue weighted by molar-refractivity contribution is -0.109. The summed E-state index contributed by atoms with van der Waals surface area (Å²) < 4.78 is 5.19. The molecule has 0 aliphatic heterocycles. The normalized spacial score (nSPS) is 12.0. The van der Waals surface area contributed by atoms with E-state index in [0.717, 1.165) is 23.4 Å². The molecule has 1 aromatic carbocycles. The number of anilines is 1. The average Bonchev–Trinajstić information content (AvgIpc) is 2.59. The van der Waals surface area contributed by atoms with Crippen LogP contribution < -0.4 is 9.64 Å². The summed E-state index contributed by atoms with van der Waals surface area (Å²) in [5, 5.41) is 0. The van der Waals surface area contributed by atoms with Gasteiger partial charge in [0.15, 0.2) is 0 Å². The van der Waals surface area contributed by atoms with Crippen LogP contribution in [0.2, 0.25) is 0 Å². The van der Waals surface area contributed by atoms with E-state index in [1.807, 2.05) is 66.4 Å². The number of hydrogen-bond acceptors (Lipinski definition) is 5. The number of nitrogens with zero attached hydrogens (tertiary/aromatic N) is 3. The molecule has 1 heterocycles. The Labute approximate surface area is 137 Å². The molecule has 2 aromatic rings. The van der Waals surface area contributed by atoms with Crippen LogP contribution in [0.1, 0.15) is 5.56 Å². The predicted octanol–water partition coefficient (Wildman–Crippen LogP) is 2.23. The fraction of sp³-hybridized carbons (Fsp3) is 0.333. The minimum absolute atomic E-state index is 0.262. The Balaban J connectivity index is 2.26. The number of aldehydes is 1. The van der Waals surface area contributed by atoms with Gasteiger partial charge in [0.2, 0.25) is 0 Å². The van der Waals surface area contributed by atoms with Crippen molar-refractivity contribution in [3.05, 3.63) is 54.2 Å². The monoisotopic (exact) mass is 313 g/mol. The number of likely N-dealkylation sites (N-methyl/N-ethyl adjacent to an activating group) is 1. The first-order chi connectivity index (χ1) is 11.1. The molecular formula is C18H23N3O2. The first-order valence-electron chi connectivity index (χ1n) is 7.54. The van der Waals surface area contributed by atoms with Crippen molar-refractivity contribution in [2.45, 2.75) is 12.6 Å². The fourth-order valence-electron chi connectivity index (χ4n) is 2.41. The maximum atomic E-state index is 11.6. The summed E-state index contributed by atoms with van der Waals surface area (Å²) in [5.41, 5.74) is 1.10. The Hall–Kier alpha value is -2.40. The zero-order valence-corrected chi connectivity index (χ0v) is 13.8. The summed E-state index contributed by atoms with van der Waals surface area (Å²) in [4.78, 5) is 20.1. The van der Waals surface area contributed by atoms with Crippen LogP contribution in [-0.2, 0) is 11.3 Å². The van der Waals surface area contributed by atoms with Crippen molar-refractivity contribution in [1.82, 2.24) is 9.88 Å². The number of hydrogen-bond donors (Lipinski definition) is 0. The molecule has 0 spiro atoms. The SMILES string of the molecule is COc1ccc(CN(c2ccccn2)C(C=O)CN(C)C)cc1. The molecule has 0 radical (unpaired) electrons. The summed E-state index contributed by atoms with van der Waals surface area (Å²) in [5.74, 6) is 1.61. The molecule has 1 atom stereocenters. The third kappa shape index (κ3) is 4.79. The van der Waals surface area contributed by atoms with Gasteiger partial charge in [0.25, 0.3) is 0 Å². The molecule has 0 fully saturated rings. The Morgan fingerprint density at radius 2 is 1.91 bits per heavy atom. The second-order valence-electron chi connectivity index (χ2n) is 5.63. The fourth-order valence-corrected chi connectivity index (χ4v) is 2.41. The van der Waals surface area contributed by atoms with E-state index in [4.69, 9.17) is 4.74 Å². The van der Waals surface area contributed by atoms with Gasteiger partial charge in [0, 0.05) is 19.3 Å². The van der Waals surface area contributed by atoms with Gasteiger partial charge in [-0.25, -0.2) is 4.98 Å². The molecule has 0 N–H and O–H groups in total. The lowest BCUT2D eigenvalue weighted by Crippen LogP contribution is -2.43. The molecule has 1 aromatic heterocycles. The molecule has 0 bridgehead atoms.